The lowest BCUT2D eigenvalue weighted by atomic mass is 10.2. The molecule has 0 radical (unpaired) electrons. The number of methoxy groups -OCH3 is 1. The monoisotopic (exact) mass is 254 g/mol. The second-order valence-electron chi connectivity index (χ2n) is 4.18. The van der Waals surface area contributed by atoms with E-state index >= 15 is 0 Å². The molecule has 3 rings (SSSR count). The molecule has 0 saturated heterocycles. The van der Waals surface area contributed by atoms with Crippen LogP contribution in [-0.2, 0) is 6.54 Å². The van der Waals surface area contributed by atoms with Gasteiger partial charge < -0.3 is 10.5 Å². The number of aromatic nitrogens is 3. The van der Waals surface area contributed by atoms with E-state index in [0.29, 0.717) is 6.54 Å². The van der Waals surface area contributed by atoms with Gasteiger partial charge in [-0.3, -0.25) is 4.40 Å². The van der Waals surface area contributed by atoms with Crippen molar-refractivity contribution >= 4 is 5.65 Å². The zero-order chi connectivity index (χ0) is 13.2. The summed E-state index contributed by atoms with van der Waals surface area (Å²) in [5, 5.41) is 8.46. The van der Waals surface area contributed by atoms with Crippen LogP contribution in [0.5, 0.6) is 5.75 Å². The molecule has 2 aromatic heterocycles. The Morgan fingerprint density at radius 2 is 1.95 bits per heavy atom. The Morgan fingerprint density at radius 3 is 2.63 bits per heavy atom. The average molecular weight is 254 g/mol. The maximum absolute atomic E-state index is 5.70. The van der Waals surface area contributed by atoms with Crippen LogP contribution in [0.15, 0.2) is 42.6 Å². The summed E-state index contributed by atoms with van der Waals surface area (Å²) in [6, 6.07) is 11.6. The third kappa shape index (κ3) is 1.94. The van der Waals surface area contributed by atoms with Crippen molar-refractivity contribution in [3.63, 3.8) is 0 Å². The molecule has 0 amide bonds. The van der Waals surface area contributed by atoms with E-state index in [1.807, 2.05) is 47.0 Å². The Hall–Kier alpha value is -2.40. The van der Waals surface area contributed by atoms with Crippen LogP contribution in [0.1, 0.15) is 5.56 Å². The van der Waals surface area contributed by atoms with Crippen LogP contribution < -0.4 is 10.5 Å². The minimum atomic E-state index is 0.449. The Balaban J connectivity index is 2.14. The summed E-state index contributed by atoms with van der Waals surface area (Å²) in [4.78, 5) is 0. The fraction of sp³-hybridized carbons (Fsp3) is 0.143. The van der Waals surface area contributed by atoms with Gasteiger partial charge in [-0.2, -0.15) is 0 Å². The minimum Gasteiger partial charge on any atom is -0.497 e. The lowest BCUT2D eigenvalue weighted by Gasteiger charge is -2.03. The quantitative estimate of drug-likeness (QED) is 0.774. The first-order valence-corrected chi connectivity index (χ1v) is 6.00. The predicted octanol–water partition coefficient (Wildman–Crippen LogP) is 1.86. The third-order valence-electron chi connectivity index (χ3n) is 3.08. The molecule has 0 aliphatic carbocycles. The number of fused-ring (bicyclic) bond motifs is 1. The fourth-order valence-electron chi connectivity index (χ4n) is 2.07. The van der Waals surface area contributed by atoms with E-state index in [9.17, 15) is 0 Å². The second-order valence-corrected chi connectivity index (χ2v) is 4.18. The van der Waals surface area contributed by atoms with Gasteiger partial charge in [0.15, 0.2) is 11.5 Å². The van der Waals surface area contributed by atoms with E-state index in [0.717, 1.165) is 28.3 Å². The van der Waals surface area contributed by atoms with Crippen LogP contribution in [0.25, 0.3) is 17.0 Å². The molecule has 2 heterocycles. The Bertz CT molecular complexity index is 703. The summed E-state index contributed by atoms with van der Waals surface area (Å²) in [6.45, 7) is 0.449. The lowest BCUT2D eigenvalue weighted by Crippen LogP contribution is -2.00. The highest BCUT2D eigenvalue weighted by Crippen LogP contribution is 2.22. The molecule has 0 aliphatic rings. The fourth-order valence-corrected chi connectivity index (χ4v) is 2.07. The molecule has 96 valence electrons. The topological polar surface area (TPSA) is 65.4 Å². The van der Waals surface area contributed by atoms with Crippen molar-refractivity contribution in [1.29, 1.82) is 0 Å². The van der Waals surface area contributed by atoms with Crippen molar-refractivity contribution in [3.05, 3.63) is 48.2 Å². The zero-order valence-corrected chi connectivity index (χ0v) is 10.6. The molecule has 0 bridgehead atoms. The first kappa shape index (κ1) is 11.7. The predicted molar refractivity (Wildman–Crippen MR) is 72.9 cm³/mol. The summed E-state index contributed by atoms with van der Waals surface area (Å²) >= 11 is 0. The minimum absolute atomic E-state index is 0.449. The zero-order valence-electron chi connectivity index (χ0n) is 10.6. The van der Waals surface area contributed by atoms with Crippen LogP contribution in [0, 0.1) is 0 Å². The van der Waals surface area contributed by atoms with Crippen molar-refractivity contribution in [1.82, 2.24) is 14.6 Å². The van der Waals surface area contributed by atoms with E-state index < -0.39 is 0 Å². The molecule has 1 aromatic carbocycles. The molecule has 2 N–H and O–H groups in total. The molecule has 0 spiro atoms. The molecular formula is C14H14N4O. The summed E-state index contributed by atoms with van der Waals surface area (Å²) in [5.41, 5.74) is 8.48. The molecule has 3 aromatic rings. The van der Waals surface area contributed by atoms with Gasteiger partial charge in [-0.05, 0) is 30.3 Å². The van der Waals surface area contributed by atoms with Gasteiger partial charge in [-0.25, -0.2) is 0 Å². The van der Waals surface area contributed by atoms with Gasteiger partial charge >= 0.3 is 0 Å². The summed E-state index contributed by atoms with van der Waals surface area (Å²) in [7, 11) is 1.65. The van der Waals surface area contributed by atoms with E-state index in [2.05, 4.69) is 10.2 Å². The van der Waals surface area contributed by atoms with E-state index in [1.165, 1.54) is 0 Å². The number of nitrogens with two attached hydrogens (primary N) is 1. The Labute approximate surface area is 110 Å². The Morgan fingerprint density at radius 1 is 1.16 bits per heavy atom. The lowest BCUT2D eigenvalue weighted by molar-refractivity contribution is 0.415. The van der Waals surface area contributed by atoms with E-state index in [4.69, 9.17) is 10.5 Å². The van der Waals surface area contributed by atoms with Crippen molar-refractivity contribution in [2.75, 3.05) is 7.11 Å². The van der Waals surface area contributed by atoms with Gasteiger partial charge in [0.1, 0.15) is 5.75 Å². The first-order chi connectivity index (χ1) is 9.33. The molecule has 19 heavy (non-hydrogen) atoms. The normalized spacial score (nSPS) is 10.8. The number of hydrogen-bond acceptors (Lipinski definition) is 4. The molecule has 0 fully saturated rings. The van der Waals surface area contributed by atoms with E-state index in [-0.39, 0.29) is 0 Å². The summed E-state index contributed by atoms with van der Waals surface area (Å²) < 4.78 is 7.10. The first-order valence-electron chi connectivity index (χ1n) is 6.00. The van der Waals surface area contributed by atoms with Crippen LogP contribution in [0.3, 0.4) is 0 Å². The number of ether oxygens (including phenoxy) is 1. The van der Waals surface area contributed by atoms with Gasteiger partial charge in [0.05, 0.1) is 7.11 Å². The average Bonchev–Trinajstić information content (AvgIpc) is 2.91. The molecule has 0 unspecified atom stereocenters. The highest BCUT2D eigenvalue weighted by Gasteiger charge is 2.10. The van der Waals surface area contributed by atoms with Crippen molar-refractivity contribution in [2.45, 2.75) is 6.54 Å². The molecule has 0 atom stereocenters. The highest BCUT2D eigenvalue weighted by molar-refractivity contribution is 5.62. The molecule has 0 aliphatic heterocycles. The number of benzene rings is 1. The van der Waals surface area contributed by atoms with Crippen LogP contribution in [0.4, 0.5) is 0 Å². The SMILES string of the molecule is COc1ccc(-c2nnc3c(CN)cccn23)cc1. The Kier molecular flexibility index (Phi) is 2.89. The molecule has 0 saturated carbocycles. The van der Waals surface area contributed by atoms with Crippen LogP contribution >= 0.6 is 0 Å². The largest absolute Gasteiger partial charge is 0.497 e. The standard InChI is InChI=1S/C14H14N4O/c1-19-12-6-4-10(5-7-12)13-16-17-14-11(9-15)3-2-8-18(13)14/h2-8H,9,15H2,1H3. The van der Waals surface area contributed by atoms with Crippen LogP contribution in [-0.4, -0.2) is 21.7 Å². The molecule has 5 heteroatoms. The van der Waals surface area contributed by atoms with E-state index in [1.54, 1.807) is 7.11 Å². The molecular weight excluding hydrogens is 240 g/mol. The maximum atomic E-state index is 5.70. The van der Waals surface area contributed by atoms with Crippen molar-refractivity contribution in [2.24, 2.45) is 5.73 Å². The highest BCUT2D eigenvalue weighted by atomic mass is 16.5. The number of nitrogens with zero attached hydrogens (tertiary/aromatic N) is 3. The van der Waals surface area contributed by atoms with Gasteiger partial charge in [-0.1, -0.05) is 6.07 Å². The number of hydrogen-bond donors (Lipinski definition) is 1. The maximum Gasteiger partial charge on any atom is 0.168 e. The van der Waals surface area contributed by atoms with Crippen LogP contribution in [0.2, 0.25) is 0 Å². The number of rotatable bonds is 3. The van der Waals surface area contributed by atoms with Gasteiger partial charge in [0.25, 0.3) is 0 Å². The smallest absolute Gasteiger partial charge is 0.168 e. The summed E-state index contributed by atoms with van der Waals surface area (Å²) in [5.74, 6) is 1.62. The second kappa shape index (κ2) is 4.70. The number of pyridine rings is 1. The van der Waals surface area contributed by atoms with Gasteiger partial charge in [-0.15, -0.1) is 10.2 Å². The summed E-state index contributed by atoms with van der Waals surface area (Å²) in [6.07, 6.45) is 1.94. The van der Waals surface area contributed by atoms with Gasteiger partial charge in [0.2, 0.25) is 0 Å². The third-order valence-corrected chi connectivity index (χ3v) is 3.08. The van der Waals surface area contributed by atoms with Crippen molar-refractivity contribution < 1.29 is 4.74 Å². The van der Waals surface area contributed by atoms with Gasteiger partial charge in [0, 0.05) is 23.9 Å². The molecule has 5 nitrogen and oxygen atoms in total. The van der Waals surface area contributed by atoms with Crippen molar-refractivity contribution in [3.8, 4) is 17.1 Å².